The zero-order chi connectivity index (χ0) is 14.6. The van der Waals surface area contributed by atoms with Crippen molar-refractivity contribution in [3.05, 3.63) is 29.8 Å². The third kappa shape index (κ3) is 3.81. The normalized spacial score (nSPS) is 15.8. The summed E-state index contributed by atoms with van der Waals surface area (Å²) >= 11 is 0. The van der Waals surface area contributed by atoms with Crippen molar-refractivity contribution in [2.24, 2.45) is 5.92 Å². The van der Waals surface area contributed by atoms with Gasteiger partial charge in [-0.15, -0.1) is 0 Å². The van der Waals surface area contributed by atoms with E-state index in [0.717, 1.165) is 24.8 Å². The maximum Gasteiger partial charge on any atom is 0.243 e. The van der Waals surface area contributed by atoms with Crippen LogP contribution < -0.4 is 0 Å². The van der Waals surface area contributed by atoms with Crippen LogP contribution in [0.5, 0.6) is 0 Å². The average Bonchev–Trinajstić information content (AvgIpc) is 3.26. The Hall–Kier alpha value is -0.910. The van der Waals surface area contributed by atoms with Crippen LogP contribution in [0.1, 0.15) is 31.7 Å². The molecule has 0 unspecified atom stereocenters. The fraction of sp³-hybridized carbons (Fsp3) is 0.600. The van der Waals surface area contributed by atoms with Crippen LogP contribution in [0.2, 0.25) is 0 Å². The first-order chi connectivity index (χ1) is 9.57. The molecule has 4 nitrogen and oxygen atoms in total. The van der Waals surface area contributed by atoms with E-state index < -0.39 is 10.0 Å². The molecule has 0 bridgehead atoms. The number of hydrogen-bond acceptors (Lipinski definition) is 3. The summed E-state index contributed by atoms with van der Waals surface area (Å²) < 4.78 is 26.7. The predicted molar refractivity (Wildman–Crippen MR) is 79.0 cm³/mol. The second-order valence-corrected chi connectivity index (χ2v) is 7.31. The summed E-state index contributed by atoms with van der Waals surface area (Å²) in [6, 6.07) is 7.04. The molecule has 1 saturated carbocycles. The lowest BCUT2D eigenvalue weighted by molar-refractivity contribution is 0.288. The highest BCUT2D eigenvalue weighted by Gasteiger charge is 2.30. The van der Waals surface area contributed by atoms with E-state index in [9.17, 15) is 8.42 Å². The first kappa shape index (κ1) is 15.5. The Balaban J connectivity index is 2.10. The smallest absolute Gasteiger partial charge is 0.243 e. The fourth-order valence-electron chi connectivity index (χ4n) is 2.25. The van der Waals surface area contributed by atoms with E-state index in [-0.39, 0.29) is 6.61 Å². The van der Waals surface area contributed by atoms with Crippen LogP contribution >= 0.6 is 0 Å². The van der Waals surface area contributed by atoms with E-state index in [1.807, 2.05) is 19.1 Å². The zero-order valence-electron chi connectivity index (χ0n) is 12.0. The van der Waals surface area contributed by atoms with Gasteiger partial charge in [-0.05, 0) is 49.3 Å². The van der Waals surface area contributed by atoms with Gasteiger partial charge in [0.25, 0.3) is 0 Å². The first-order valence-corrected chi connectivity index (χ1v) is 8.72. The van der Waals surface area contributed by atoms with Crippen molar-refractivity contribution in [2.75, 3.05) is 19.7 Å². The van der Waals surface area contributed by atoms with Gasteiger partial charge in [0.2, 0.25) is 10.0 Å². The third-order valence-electron chi connectivity index (χ3n) is 3.70. The highest BCUT2D eigenvalue weighted by atomic mass is 32.2. The first-order valence-electron chi connectivity index (χ1n) is 7.28. The summed E-state index contributed by atoms with van der Waals surface area (Å²) in [4.78, 5) is 0.368. The highest BCUT2D eigenvalue weighted by Crippen LogP contribution is 2.31. The summed E-state index contributed by atoms with van der Waals surface area (Å²) in [6.45, 7) is 3.21. The Morgan fingerprint density at radius 2 is 1.90 bits per heavy atom. The van der Waals surface area contributed by atoms with Gasteiger partial charge in [0.05, 0.1) is 4.90 Å². The summed E-state index contributed by atoms with van der Waals surface area (Å²) in [6.07, 6.45) is 3.77. The summed E-state index contributed by atoms with van der Waals surface area (Å²) in [5.41, 5.74) is 1.06. The molecule has 112 valence electrons. The summed E-state index contributed by atoms with van der Waals surface area (Å²) in [5.74, 6) is 0.550. The molecule has 1 fully saturated rings. The predicted octanol–water partition coefficient (Wildman–Crippen LogP) is 2.03. The maximum atomic E-state index is 12.5. The molecule has 0 spiro atoms. The molecule has 1 aliphatic rings. The van der Waals surface area contributed by atoms with Gasteiger partial charge in [-0.25, -0.2) is 8.42 Å². The molecule has 0 radical (unpaired) electrons. The number of aliphatic hydroxyl groups is 1. The minimum absolute atomic E-state index is 0.158. The van der Waals surface area contributed by atoms with Gasteiger partial charge >= 0.3 is 0 Å². The van der Waals surface area contributed by atoms with Gasteiger partial charge in [-0.1, -0.05) is 19.1 Å². The van der Waals surface area contributed by atoms with Crippen LogP contribution in [0.3, 0.4) is 0 Å². The number of rotatable bonds is 8. The highest BCUT2D eigenvalue weighted by molar-refractivity contribution is 7.89. The number of sulfonamides is 1. The van der Waals surface area contributed by atoms with Gasteiger partial charge in [-0.2, -0.15) is 4.31 Å². The number of aryl methyl sites for hydroxylation is 1. The largest absolute Gasteiger partial charge is 0.396 e. The van der Waals surface area contributed by atoms with E-state index in [1.54, 1.807) is 16.4 Å². The number of nitrogens with zero attached hydrogens (tertiary/aromatic N) is 1. The molecular weight excluding hydrogens is 274 g/mol. The SMILES string of the molecule is CCN(CC1CC1)S(=O)(=O)c1ccc(CCCO)cc1. The lowest BCUT2D eigenvalue weighted by atomic mass is 10.1. The quantitative estimate of drug-likeness (QED) is 0.799. The number of hydrogen-bond donors (Lipinski definition) is 1. The molecule has 1 aromatic carbocycles. The Bertz CT molecular complexity index is 521. The molecule has 0 atom stereocenters. The topological polar surface area (TPSA) is 57.6 Å². The summed E-state index contributed by atoms with van der Waals surface area (Å²) in [7, 11) is -3.36. The molecule has 1 aromatic rings. The molecule has 0 aliphatic heterocycles. The molecule has 5 heteroatoms. The van der Waals surface area contributed by atoms with Crippen LogP contribution in [0.15, 0.2) is 29.2 Å². The van der Waals surface area contributed by atoms with Crippen LogP contribution in [0, 0.1) is 5.92 Å². The molecule has 0 saturated heterocycles. The minimum atomic E-state index is -3.36. The van der Waals surface area contributed by atoms with Crippen molar-refractivity contribution < 1.29 is 13.5 Å². The Morgan fingerprint density at radius 3 is 2.40 bits per heavy atom. The lowest BCUT2D eigenvalue weighted by Gasteiger charge is -2.20. The van der Waals surface area contributed by atoms with Crippen molar-refractivity contribution in [2.45, 2.75) is 37.5 Å². The second-order valence-electron chi connectivity index (χ2n) is 5.37. The van der Waals surface area contributed by atoms with Crippen LogP contribution in [-0.2, 0) is 16.4 Å². The minimum Gasteiger partial charge on any atom is -0.396 e. The maximum absolute atomic E-state index is 12.5. The average molecular weight is 297 g/mol. The van der Waals surface area contributed by atoms with Crippen molar-refractivity contribution >= 4 is 10.0 Å². The molecule has 1 N–H and O–H groups in total. The number of benzene rings is 1. The van der Waals surface area contributed by atoms with Crippen molar-refractivity contribution in [3.63, 3.8) is 0 Å². The van der Waals surface area contributed by atoms with Crippen molar-refractivity contribution in [1.82, 2.24) is 4.31 Å². The Kier molecular flexibility index (Phi) is 5.18. The van der Waals surface area contributed by atoms with Crippen molar-refractivity contribution in [1.29, 1.82) is 0 Å². The van der Waals surface area contributed by atoms with E-state index >= 15 is 0 Å². The van der Waals surface area contributed by atoms with Gasteiger partial charge < -0.3 is 5.11 Å². The van der Waals surface area contributed by atoms with E-state index in [2.05, 4.69) is 0 Å². The molecule has 0 heterocycles. The standard InChI is InChI=1S/C15H23NO3S/c1-2-16(12-14-5-6-14)20(18,19)15-9-7-13(8-10-15)4-3-11-17/h7-10,14,17H,2-6,11-12H2,1H3. The van der Waals surface area contributed by atoms with Crippen LogP contribution in [-0.4, -0.2) is 37.5 Å². The molecule has 1 aliphatic carbocycles. The van der Waals surface area contributed by atoms with Crippen LogP contribution in [0.4, 0.5) is 0 Å². The van der Waals surface area contributed by atoms with Gasteiger partial charge in [0, 0.05) is 19.7 Å². The van der Waals surface area contributed by atoms with Crippen molar-refractivity contribution in [3.8, 4) is 0 Å². The number of aliphatic hydroxyl groups excluding tert-OH is 1. The Labute approximate surface area is 121 Å². The molecule has 0 aromatic heterocycles. The van der Waals surface area contributed by atoms with E-state index in [0.29, 0.717) is 30.3 Å². The van der Waals surface area contributed by atoms with E-state index in [1.165, 1.54) is 0 Å². The third-order valence-corrected chi connectivity index (χ3v) is 5.65. The van der Waals surface area contributed by atoms with Gasteiger partial charge in [0.1, 0.15) is 0 Å². The Morgan fingerprint density at radius 1 is 1.25 bits per heavy atom. The van der Waals surface area contributed by atoms with Gasteiger partial charge in [-0.3, -0.25) is 0 Å². The lowest BCUT2D eigenvalue weighted by Crippen LogP contribution is -2.32. The molecule has 0 amide bonds. The summed E-state index contributed by atoms with van der Waals surface area (Å²) in [5, 5.41) is 8.80. The fourth-order valence-corrected chi connectivity index (χ4v) is 3.77. The molecule has 20 heavy (non-hydrogen) atoms. The molecular formula is C15H23NO3S. The second kappa shape index (κ2) is 6.70. The van der Waals surface area contributed by atoms with Crippen LogP contribution in [0.25, 0.3) is 0 Å². The monoisotopic (exact) mass is 297 g/mol. The molecule has 2 rings (SSSR count). The van der Waals surface area contributed by atoms with Gasteiger partial charge in [0.15, 0.2) is 0 Å². The van der Waals surface area contributed by atoms with E-state index in [4.69, 9.17) is 5.11 Å². The zero-order valence-corrected chi connectivity index (χ0v) is 12.8.